The van der Waals surface area contributed by atoms with Crippen LogP contribution in [0.25, 0.3) is 0 Å². The van der Waals surface area contributed by atoms with Crippen LogP contribution in [-0.4, -0.2) is 16.1 Å². The molecule has 0 spiro atoms. The standard InChI is InChI=1S/C12H20N2O/c1-4-9(2)10(3)14-12-7-13-6-5-11(12)8-15/h5-7,9-10,14-15H,4,8H2,1-3H3. The fourth-order valence-electron chi connectivity index (χ4n) is 1.43. The van der Waals surface area contributed by atoms with Crippen molar-refractivity contribution in [2.75, 3.05) is 5.32 Å². The summed E-state index contributed by atoms with van der Waals surface area (Å²) in [5, 5.41) is 12.5. The van der Waals surface area contributed by atoms with Crippen LogP contribution in [0.3, 0.4) is 0 Å². The molecule has 0 aromatic carbocycles. The van der Waals surface area contributed by atoms with Crippen LogP contribution in [0.15, 0.2) is 18.5 Å². The number of pyridine rings is 1. The van der Waals surface area contributed by atoms with Gasteiger partial charge in [-0.1, -0.05) is 20.3 Å². The molecule has 0 aliphatic heterocycles. The van der Waals surface area contributed by atoms with Crippen LogP contribution in [0.1, 0.15) is 32.8 Å². The van der Waals surface area contributed by atoms with Crippen molar-refractivity contribution in [1.82, 2.24) is 4.98 Å². The zero-order valence-electron chi connectivity index (χ0n) is 9.70. The highest BCUT2D eigenvalue weighted by Gasteiger charge is 2.11. The quantitative estimate of drug-likeness (QED) is 0.781. The van der Waals surface area contributed by atoms with E-state index in [1.165, 1.54) is 0 Å². The highest BCUT2D eigenvalue weighted by Crippen LogP contribution is 2.18. The number of aliphatic hydroxyl groups excluding tert-OH is 1. The van der Waals surface area contributed by atoms with Gasteiger partial charge in [0.1, 0.15) is 0 Å². The van der Waals surface area contributed by atoms with Crippen molar-refractivity contribution in [1.29, 1.82) is 0 Å². The van der Waals surface area contributed by atoms with Crippen molar-refractivity contribution in [3.63, 3.8) is 0 Å². The molecule has 3 nitrogen and oxygen atoms in total. The van der Waals surface area contributed by atoms with Gasteiger partial charge in [0.2, 0.25) is 0 Å². The number of aromatic nitrogens is 1. The molecule has 0 aliphatic rings. The van der Waals surface area contributed by atoms with E-state index in [2.05, 4.69) is 31.1 Å². The first-order chi connectivity index (χ1) is 7.19. The summed E-state index contributed by atoms with van der Waals surface area (Å²) in [4.78, 5) is 4.06. The zero-order chi connectivity index (χ0) is 11.3. The number of anilines is 1. The molecule has 1 aromatic heterocycles. The first-order valence-corrected chi connectivity index (χ1v) is 5.49. The van der Waals surface area contributed by atoms with Crippen molar-refractivity contribution in [3.8, 4) is 0 Å². The van der Waals surface area contributed by atoms with Gasteiger partial charge in [-0.05, 0) is 18.9 Å². The molecular weight excluding hydrogens is 188 g/mol. The van der Waals surface area contributed by atoms with E-state index in [4.69, 9.17) is 5.11 Å². The number of nitrogens with zero attached hydrogens (tertiary/aromatic N) is 1. The summed E-state index contributed by atoms with van der Waals surface area (Å²) in [6, 6.07) is 2.23. The van der Waals surface area contributed by atoms with Crippen LogP contribution in [0, 0.1) is 5.92 Å². The Balaban J connectivity index is 2.71. The summed E-state index contributed by atoms with van der Waals surface area (Å²) in [6.07, 6.45) is 4.61. The molecule has 2 N–H and O–H groups in total. The van der Waals surface area contributed by atoms with Gasteiger partial charge in [-0.2, -0.15) is 0 Å². The molecule has 0 saturated carbocycles. The molecule has 0 saturated heterocycles. The molecule has 0 aliphatic carbocycles. The van der Waals surface area contributed by atoms with Crippen molar-refractivity contribution >= 4 is 5.69 Å². The Morgan fingerprint density at radius 2 is 2.20 bits per heavy atom. The number of nitrogens with one attached hydrogen (secondary N) is 1. The maximum Gasteiger partial charge on any atom is 0.0703 e. The normalized spacial score (nSPS) is 14.7. The molecule has 0 bridgehead atoms. The third kappa shape index (κ3) is 3.20. The van der Waals surface area contributed by atoms with Gasteiger partial charge in [0.25, 0.3) is 0 Å². The molecule has 0 radical (unpaired) electrons. The first kappa shape index (κ1) is 12.0. The van der Waals surface area contributed by atoms with Gasteiger partial charge in [-0.3, -0.25) is 4.98 Å². The first-order valence-electron chi connectivity index (χ1n) is 5.49. The van der Waals surface area contributed by atoms with E-state index in [0.717, 1.165) is 17.7 Å². The fraction of sp³-hybridized carbons (Fsp3) is 0.583. The van der Waals surface area contributed by atoms with E-state index >= 15 is 0 Å². The second-order valence-electron chi connectivity index (χ2n) is 4.01. The lowest BCUT2D eigenvalue weighted by Crippen LogP contribution is -2.23. The number of aliphatic hydroxyl groups is 1. The molecular formula is C12H20N2O. The minimum atomic E-state index is 0.0537. The van der Waals surface area contributed by atoms with Crippen LogP contribution >= 0.6 is 0 Å². The highest BCUT2D eigenvalue weighted by atomic mass is 16.3. The Kier molecular flexibility index (Phi) is 4.56. The number of rotatable bonds is 5. The molecule has 1 rings (SSSR count). The Morgan fingerprint density at radius 3 is 2.80 bits per heavy atom. The maximum atomic E-state index is 9.16. The molecule has 1 aromatic rings. The van der Waals surface area contributed by atoms with Crippen molar-refractivity contribution < 1.29 is 5.11 Å². The van der Waals surface area contributed by atoms with Gasteiger partial charge < -0.3 is 10.4 Å². The topological polar surface area (TPSA) is 45.2 Å². The minimum absolute atomic E-state index is 0.0537. The second kappa shape index (κ2) is 5.71. The van der Waals surface area contributed by atoms with E-state index < -0.39 is 0 Å². The molecule has 1 heterocycles. The molecule has 84 valence electrons. The molecule has 2 atom stereocenters. The Hall–Kier alpha value is -1.09. The monoisotopic (exact) mass is 208 g/mol. The van der Waals surface area contributed by atoms with Gasteiger partial charge in [0, 0.05) is 17.8 Å². The largest absolute Gasteiger partial charge is 0.392 e. The summed E-state index contributed by atoms with van der Waals surface area (Å²) >= 11 is 0. The third-order valence-electron chi connectivity index (χ3n) is 2.96. The minimum Gasteiger partial charge on any atom is -0.392 e. The summed E-state index contributed by atoms with van der Waals surface area (Å²) in [7, 11) is 0. The van der Waals surface area contributed by atoms with Crippen molar-refractivity contribution in [2.24, 2.45) is 5.92 Å². The van der Waals surface area contributed by atoms with Crippen molar-refractivity contribution in [2.45, 2.75) is 39.8 Å². The van der Waals surface area contributed by atoms with Crippen LogP contribution in [-0.2, 0) is 6.61 Å². The second-order valence-corrected chi connectivity index (χ2v) is 4.01. The van der Waals surface area contributed by atoms with E-state index in [1.807, 2.05) is 6.07 Å². The lowest BCUT2D eigenvalue weighted by Gasteiger charge is -2.22. The Labute approximate surface area is 91.5 Å². The van der Waals surface area contributed by atoms with Gasteiger partial charge in [0.05, 0.1) is 18.5 Å². The molecule has 2 unspecified atom stereocenters. The summed E-state index contributed by atoms with van der Waals surface area (Å²) in [5.41, 5.74) is 1.84. The maximum absolute atomic E-state index is 9.16. The molecule has 3 heteroatoms. The zero-order valence-corrected chi connectivity index (χ0v) is 9.70. The van der Waals surface area contributed by atoms with Gasteiger partial charge in [-0.25, -0.2) is 0 Å². The molecule has 0 amide bonds. The third-order valence-corrected chi connectivity index (χ3v) is 2.96. The fourth-order valence-corrected chi connectivity index (χ4v) is 1.43. The number of hydrogen-bond acceptors (Lipinski definition) is 3. The van der Waals surface area contributed by atoms with E-state index in [-0.39, 0.29) is 6.61 Å². The molecule has 0 fully saturated rings. The summed E-state index contributed by atoms with van der Waals surface area (Å²) < 4.78 is 0. The van der Waals surface area contributed by atoms with E-state index in [1.54, 1.807) is 12.4 Å². The predicted octanol–water partition coefficient (Wildman–Crippen LogP) is 2.42. The average molecular weight is 208 g/mol. The summed E-state index contributed by atoms with van der Waals surface area (Å²) in [5.74, 6) is 0.608. The van der Waals surface area contributed by atoms with Crippen molar-refractivity contribution in [3.05, 3.63) is 24.0 Å². The predicted molar refractivity (Wildman–Crippen MR) is 62.7 cm³/mol. The van der Waals surface area contributed by atoms with Crippen LogP contribution in [0.4, 0.5) is 5.69 Å². The SMILES string of the molecule is CCC(C)C(C)Nc1cnccc1CO. The highest BCUT2D eigenvalue weighted by molar-refractivity contribution is 5.49. The Bertz CT molecular complexity index is 301. The van der Waals surface area contributed by atoms with E-state index in [0.29, 0.717) is 12.0 Å². The lowest BCUT2D eigenvalue weighted by molar-refractivity contribution is 0.282. The smallest absolute Gasteiger partial charge is 0.0703 e. The van der Waals surface area contributed by atoms with Crippen LogP contribution in [0.5, 0.6) is 0 Å². The Morgan fingerprint density at radius 1 is 1.47 bits per heavy atom. The summed E-state index contributed by atoms with van der Waals surface area (Å²) in [6.45, 7) is 6.60. The van der Waals surface area contributed by atoms with Crippen LogP contribution < -0.4 is 5.32 Å². The molecule has 15 heavy (non-hydrogen) atoms. The van der Waals surface area contributed by atoms with Crippen LogP contribution in [0.2, 0.25) is 0 Å². The van der Waals surface area contributed by atoms with E-state index in [9.17, 15) is 0 Å². The number of hydrogen-bond donors (Lipinski definition) is 2. The van der Waals surface area contributed by atoms with Gasteiger partial charge in [-0.15, -0.1) is 0 Å². The lowest BCUT2D eigenvalue weighted by atomic mass is 10.0. The van der Waals surface area contributed by atoms with Gasteiger partial charge in [0.15, 0.2) is 0 Å². The average Bonchev–Trinajstić information content (AvgIpc) is 2.28. The van der Waals surface area contributed by atoms with Gasteiger partial charge >= 0.3 is 0 Å².